The van der Waals surface area contributed by atoms with Crippen LogP contribution in [0.5, 0.6) is 0 Å². The Morgan fingerprint density at radius 1 is 1.18 bits per heavy atom. The zero-order valence-electron chi connectivity index (χ0n) is 17.6. The molecule has 1 fully saturated rings. The number of hydrogen-bond acceptors (Lipinski definition) is 6. The van der Waals surface area contributed by atoms with Crippen LogP contribution in [0.2, 0.25) is 5.02 Å². The lowest BCUT2D eigenvalue weighted by atomic mass is 10.1. The number of nitrogen functional groups attached to an aromatic ring is 1. The average molecular weight is 465 g/mol. The second-order valence-corrected chi connectivity index (χ2v) is 8.56. The van der Waals surface area contributed by atoms with Gasteiger partial charge in [-0.2, -0.15) is 0 Å². The predicted molar refractivity (Wildman–Crippen MR) is 124 cm³/mol. The van der Waals surface area contributed by atoms with Gasteiger partial charge in [0, 0.05) is 40.6 Å². The van der Waals surface area contributed by atoms with Gasteiger partial charge >= 0.3 is 5.97 Å². The van der Waals surface area contributed by atoms with Crippen LogP contribution >= 0.6 is 11.6 Å². The Morgan fingerprint density at radius 3 is 2.85 bits per heavy atom. The summed E-state index contributed by atoms with van der Waals surface area (Å²) in [7, 11) is 0. The Bertz CT molecular complexity index is 1390. The molecule has 0 aliphatic carbocycles. The molecule has 33 heavy (non-hydrogen) atoms. The number of carbonyl (C=O) groups excluding carboxylic acids is 1. The van der Waals surface area contributed by atoms with Crippen molar-refractivity contribution in [2.75, 3.05) is 18.8 Å². The van der Waals surface area contributed by atoms with Crippen molar-refractivity contribution in [1.29, 1.82) is 0 Å². The van der Waals surface area contributed by atoms with E-state index < -0.39 is 12.0 Å². The van der Waals surface area contributed by atoms with Crippen LogP contribution in [-0.2, 0) is 22.8 Å². The van der Waals surface area contributed by atoms with Crippen LogP contribution in [0.3, 0.4) is 0 Å². The maximum atomic E-state index is 13.0. The van der Waals surface area contributed by atoms with Crippen LogP contribution in [0.1, 0.15) is 5.56 Å². The van der Waals surface area contributed by atoms with Crippen molar-refractivity contribution in [3.05, 3.63) is 65.6 Å². The first-order chi connectivity index (χ1) is 15.9. The highest BCUT2D eigenvalue weighted by molar-refractivity contribution is 6.31. The van der Waals surface area contributed by atoms with Gasteiger partial charge in [-0.15, -0.1) is 0 Å². The number of nitrogens with zero attached hydrogens (tertiary/aromatic N) is 5. The van der Waals surface area contributed by atoms with Crippen molar-refractivity contribution < 1.29 is 14.7 Å². The van der Waals surface area contributed by atoms with Crippen LogP contribution in [-0.4, -0.2) is 60.4 Å². The summed E-state index contributed by atoms with van der Waals surface area (Å²) in [6.07, 6.45) is 3.29. The molecular formula is C23H21ClN6O3. The number of aliphatic carboxylic acids is 1. The SMILES string of the molecule is Nc1ncnc2cc(CN3C(=O)CN(Cn4ccc5cc(Cl)ccc54)CC3C(=O)O)ccc12. The Morgan fingerprint density at radius 2 is 2.03 bits per heavy atom. The molecular weight excluding hydrogens is 444 g/mol. The highest BCUT2D eigenvalue weighted by Gasteiger charge is 2.37. The molecule has 168 valence electrons. The fraction of sp³-hybridized carbons (Fsp3) is 0.217. The number of carbonyl (C=O) groups is 2. The van der Waals surface area contributed by atoms with E-state index in [1.165, 1.54) is 11.2 Å². The van der Waals surface area contributed by atoms with Crippen LogP contribution in [0.25, 0.3) is 21.8 Å². The molecule has 3 N–H and O–H groups in total. The molecule has 0 saturated carbocycles. The summed E-state index contributed by atoms with van der Waals surface area (Å²) >= 11 is 6.07. The third-order valence-corrected chi connectivity index (χ3v) is 6.18. The van der Waals surface area contributed by atoms with Gasteiger partial charge in [0.1, 0.15) is 18.2 Å². The van der Waals surface area contributed by atoms with Crippen LogP contribution in [0, 0.1) is 0 Å². The normalized spacial score (nSPS) is 17.2. The quantitative estimate of drug-likeness (QED) is 0.466. The minimum absolute atomic E-state index is 0.125. The molecule has 4 aromatic rings. The van der Waals surface area contributed by atoms with Gasteiger partial charge in [-0.05, 0) is 42.0 Å². The molecule has 2 aromatic carbocycles. The topological polar surface area (TPSA) is 118 Å². The van der Waals surface area contributed by atoms with Crippen molar-refractivity contribution in [2.45, 2.75) is 19.3 Å². The molecule has 9 nitrogen and oxygen atoms in total. The first kappa shape index (κ1) is 21.2. The third-order valence-electron chi connectivity index (χ3n) is 5.94. The highest BCUT2D eigenvalue weighted by Crippen LogP contribution is 2.24. The zero-order valence-corrected chi connectivity index (χ0v) is 18.3. The number of nitrogens with two attached hydrogens (primary N) is 1. The Hall–Kier alpha value is -3.69. The number of piperazine rings is 1. The van der Waals surface area contributed by atoms with Crippen molar-refractivity contribution in [3.8, 4) is 0 Å². The molecule has 10 heteroatoms. The number of fused-ring (bicyclic) bond motifs is 2. The van der Waals surface area contributed by atoms with Crippen molar-refractivity contribution in [3.63, 3.8) is 0 Å². The summed E-state index contributed by atoms with van der Waals surface area (Å²) < 4.78 is 1.99. The second-order valence-electron chi connectivity index (χ2n) is 8.13. The highest BCUT2D eigenvalue weighted by atomic mass is 35.5. The molecule has 1 amide bonds. The minimum Gasteiger partial charge on any atom is -0.480 e. The van der Waals surface area contributed by atoms with Gasteiger partial charge in [-0.25, -0.2) is 14.8 Å². The second kappa shape index (κ2) is 8.34. The van der Waals surface area contributed by atoms with E-state index in [1.807, 2.05) is 52.1 Å². The molecule has 1 saturated heterocycles. The summed E-state index contributed by atoms with van der Waals surface area (Å²) in [6.45, 7) is 0.922. The van der Waals surface area contributed by atoms with Crippen LogP contribution in [0.15, 0.2) is 55.0 Å². The third kappa shape index (κ3) is 4.08. The number of aromatic nitrogens is 3. The molecule has 0 radical (unpaired) electrons. The number of carboxylic acids is 1. The molecule has 5 rings (SSSR count). The van der Waals surface area contributed by atoms with E-state index in [0.717, 1.165) is 16.5 Å². The van der Waals surface area contributed by atoms with Gasteiger partial charge in [0.2, 0.25) is 5.91 Å². The van der Waals surface area contributed by atoms with Crippen LogP contribution < -0.4 is 5.73 Å². The summed E-state index contributed by atoms with van der Waals surface area (Å²) in [5.41, 5.74) is 8.28. The van der Waals surface area contributed by atoms with E-state index in [4.69, 9.17) is 17.3 Å². The molecule has 1 unspecified atom stereocenters. The summed E-state index contributed by atoms with van der Waals surface area (Å²) in [4.78, 5) is 36.6. The maximum absolute atomic E-state index is 13.0. The minimum atomic E-state index is -1.04. The lowest BCUT2D eigenvalue weighted by Crippen LogP contribution is -2.58. The number of halogens is 1. The Kier molecular flexibility index (Phi) is 5.35. The van der Waals surface area contributed by atoms with E-state index in [2.05, 4.69) is 9.97 Å². The number of benzene rings is 2. The first-order valence-electron chi connectivity index (χ1n) is 10.4. The van der Waals surface area contributed by atoms with Crippen molar-refractivity contribution in [2.24, 2.45) is 0 Å². The molecule has 2 aromatic heterocycles. The number of amides is 1. The van der Waals surface area contributed by atoms with E-state index in [0.29, 0.717) is 28.4 Å². The largest absolute Gasteiger partial charge is 0.480 e. The maximum Gasteiger partial charge on any atom is 0.327 e. The summed E-state index contributed by atoms with van der Waals surface area (Å²) in [5, 5.41) is 12.2. The number of anilines is 1. The van der Waals surface area contributed by atoms with Gasteiger partial charge in [0.15, 0.2) is 0 Å². The number of hydrogen-bond donors (Lipinski definition) is 2. The number of carboxylic acid groups (broad SMARTS) is 1. The smallest absolute Gasteiger partial charge is 0.327 e. The van der Waals surface area contributed by atoms with Gasteiger partial charge in [-0.3, -0.25) is 9.69 Å². The summed E-state index contributed by atoms with van der Waals surface area (Å²) in [5.74, 6) is -0.903. The lowest BCUT2D eigenvalue weighted by Gasteiger charge is -2.39. The molecule has 3 heterocycles. The monoisotopic (exact) mass is 464 g/mol. The van der Waals surface area contributed by atoms with Crippen molar-refractivity contribution in [1.82, 2.24) is 24.3 Å². The fourth-order valence-corrected chi connectivity index (χ4v) is 4.49. The van der Waals surface area contributed by atoms with Gasteiger partial charge in [0.25, 0.3) is 0 Å². The molecule has 1 aliphatic rings. The molecule has 1 aliphatic heterocycles. The fourth-order valence-electron chi connectivity index (χ4n) is 4.31. The van der Waals surface area contributed by atoms with Gasteiger partial charge < -0.3 is 20.3 Å². The van der Waals surface area contributed by atoms with Gasteiger partial charge in [-0.1, -0.05) is 17.7 Å². The molecule has 0 spiro atoms. The average Bonchev–Trinajstić information content (AvgIpc) is 3.17. The predicted octanol–water partition coefficient (Wildman–Crippen LogP) is 2.58. The van der Waals surface area contributed by atoms with E-state index in [1.54, 1.807) is 6.07 Å². The standard InChI is InChI=1S/C23H21ClN6O3/c24-16-2-4-19-15(8-16)5-6-29(19)13-28-10-20(23(32)33)30(21(31)11-28)9-14-1-3-17-18(7-14)26-12-27-22(17)25/h1-8,12,20H,9-11,13H2,(H,32,33)(H2,25,26,27). The lowest BCUT2D eigenvalue weighted by molar-refractivity contribution is -0.157. The first-order valence-corrected chi connectivity index (χ1v) is 10.7. The summed E-state index contributed by atoms with van der Waals surface area (Å²) in [6, 6.07) is 12.0. The van der Waals surface area contributed by atoms with Crippen LogP contribution in [0.4, 0.5) is 5.82 Å². The molecule has 0 bridgehead atoms. The van der Waals surface area contributed by atoms with E-state index in [-0.39, 0.29) is 25.5 Å². The van der Waals surface area contributed by atoms with Gasteiger partial charge in [0.05, 0.1) is 18.7 Å². The van der Waals surface area contributed by atoms with Crippen molar-refractivity contribution >= 4 is 51.1 Å². The van der Waals surface area contributed by atoms with E-state index >= 15 is 0 Å². The van der Waals surface area contributed by atoms with E-state index in [9.17, 15) is 14.7 Å². The molecule has 1 atom stereocenters. The Balaban J connectivity index is 1.36. The zero-order chi connectivity index (χ0) is 23.1. The Labute approximate surface area is 194 Å². The number of rotatable bonds is 5.